The Morgan fingerprint density at radius 3 is 2.59 bits per heavy atom. The van der Waals surface area contributed by atoms with E-state index in [2.05, 4.69) is 10.6 Å². The Bertz CT molecular complexity index is 792. The van der Waals surface area contributed by atoms with Gasteiger partial charge in [0, 0.05) is 29.4 Å². The van der Waals surface area contributed by atoms with Gasteiger partial charge >= 0.3 is 0 Å². The van der Waals surface area contributed by atoms with Crippen molar-refractivity contribution in [3.8, 4) is 5.75 Å². The van der Waals surface area contributed by atoms with Crippen LogP contribution in [0.3, 0.4) is 0 Å². The molecule has 0 saturated heterocycles. The molecule has 3 N–H and O–H groups in total. The Labute approximate surface area is 127 Å². The van der Waals surface area contributed by atoms with Crippen LogP contribution in [0.25, 0.3) is 11.6 Å². The third-order valence-corrected chi connectivity index (χ3v) is 3.33. The molecule has 0 bridgehead atoms. The highest BCUT2D eigenvalue weighted by atomic mass is 16.3. The molecule has 0 radical (unpaired) electrons. The molecule has 2 amide bonds. The van der Waals surface area contributed by atoms with Gasteiger partial charge in [0.25, 0.3) is 5.91 Å². The summed E-state index contributed by atoms with van der Waals surface area (Å²) in [6, 6.07) is 11.8. The maximum absolute atomic E-state index is 12.1. The van der Waals surface area contributed by atoms with Gasteiger partial charge in [0.1, 0.15) is 5.75 Å². The van der Waals surface area contributed by atoms with Gasteiger partial charge in [-0.1, -0.05) is 12.1 Å². The molecule has 0 aliphatic carbocycles. The van der Waals surface area contributed by atoms with Crippen LogP contribution in [-0.2, 0) is 9.59 Å². The van der Waals surface area contributed by atoms with E-state index in [0.29, 0.717) is 16.9 Å². The zero-order chi connectivity index (χ0) is 15.7. The second-order valence-electron chi connectivity index (χ2n) is 5.05. The molecule has 110 valence electrons. The summed E-state index contributed by atoms with van der Waals surface area (Å²) in [4.78, 5) is 23.3. The quantitative estimate of drug-likeness (QED) is 0.745. The van der Waals surface area contributed by atoms with Crippen LogP contribution < -0.4 is 10.6 Å². The van der Waals surface area contributed by atoms with E-state index in [0.717, 1.165) is 11.1 Å². The Morgan fingerprint density at radius 1 is 1.18 bits per heavy atom. The minimum Gasteiger partial charge on any atom is -0.508 e. The number of phenols is 1. The maximum Gasteiger partial charge on any atom is 0.256 e. The first-order chi connectivity index (χ1) is 10.5. The molecule has 0 aromatic heterocycles. The summed E-state index contributed by atoms with van der Waals surface area (Å²) < 4.78 is 0. The number of aromatic hydroxyl groups is 1. The van der Waals surface area contributed by atoms with Crippen LogP contribution in [0.2, 0.25) is 0 Å². The van der Waals surface area contributed by atoms with Crippen molar-refractivity contribution >= 4 is 34.8 Å². The molecule has 0 fully saturated rings. The van der Waals surface area contributed by atoms with Crippen molar-refractivity contribution in [1.82, 2.24) is 0 Å². The first-order valence-electron chi connectivity index (χ1n) is 6.77. The summed E-state index contributed by atoms with van der Waals surface area (Å²) in [6.07, 6.45) is 1.75. The SMILES string of the molecule is CC(=O)Nc1ccc2c(c1)/C(=C\c1ccc(O)cc1)C(=O)N2. The van der Waals surface area contributed by atoms with E-state index in [9.17, 15) is 14.7 Å². The molecule has 5 nitrogen and oxygen atoms in total. The van der Waals surface area contributed by atoms with E-state index in [4.69, 9.17) is 0 Å². The molecule has 2 aromatic rings. The van der Waals surface area contributed by atoms with Crippen LogP contribution in [-0.4, -0.2) is 16.9 Å². The molecule has 0 unspecified atom stereocenters. The minimum atomic E-state index is -0.192. The number of anilines is 2. The number of nitrogens with one attached hydrogen (secondary N) is 2. The Kier molecular flexibility index (Phi) is 3.39. The molecule has 1 heterocycles. The smallest absolute Gasteiger partial charge is 0.256 e. The zero-order valence-corrected chi connectivity index (χ0v) is 11.9. The van der Waals surface area contributed by atoms with Gasteiger partial charge in [0.05, 0.1) is 0 Å². The fourth-order valence-electron chi connectivity index (χ4n) is 2.35. The number of carbonyl (C=O) groups is 2. The van der Waals surface area contributed by atoms with Gasteiger partial charge < -0.3 is 15.7 Å². The minimum absolute atomic E-state index is 0.165. The van der Waals surface area contributed by atoms with Crippen molar-refractivity contribution in [3.05, 3.63) is 53.6 Å². The number of fused-ring (bicyclic) bond motifs is 1. The number of hydrogen-bond donors (Lipinski definition) is 3. The van der Waals surface area contributed by atoms with E-state index in [1.165, 1.54) is 6.92 Å². The van der Waals surface area contributed by atoms with E-state index in [1.807, 2.05) is 0 Å². The van der Waals surface area contributed by atoms with Gasteiger partial charge in [-0.25, -0.2) is 0 Å². The molecule has 1 aliphatic rings. The van der Waals surface area contributed by atoms with Crippen LogP contribution >= 0.6 is 0 Å². The summed E-state index contributed by atoms with van der Waals surface area (Å²) in [7, 11) is 0. The third-order valence-electron chi connectivity index (χ3n) is 3.33. The summed E-state index contributed by atoms with van der Waals surface area (Å²) in [6.45, 7) is 1.43. The van der Waals surface area contributed by atoms with Crippen molar-refractivity contribution in [2.24, 2.45) is 0 Å². The van der Waals surface area contributed by atoms with Gasteiger partial charge in [0.2, 0.25) is 5.91 Å². The van der Waals surface area contributed by atoms with Gasteiger partial charge in [-0.05, 0) is 42.0 Å². The standard InChI is InChI=1S/C17H14N2O3/c1-10(20)18-12-4-7-16-14(9-12)15(17(22)19-16)8-11-2-5-13(21)6-3-11/h2-9,21H,1H3,(H,18,20)(H,19,22)/b15-8+. The maximum atomic E-state index is 12.1. The molecule has 0 saturated carbocycles. The lowest BCUT2D eigenvalue weighted by molar-refractivity contribution is -0.114. The second-order valence-corrected chi connectivity index (χ2v) is 5.05. The van der Waals surface area contributed by atoms with E-state index < -0.39 is 0 Å². The lowest BCUT2D eigenvalue weighted by atomic mass is 10.0. The van der Waals surface area contributed by atoms with Crippen LogP contribution in [0.1, 0.15) is 18.1 Å². The predicted molar refractivity (Wildman–Crippen MR) is 85.4 cm³/mol. The summed E-state index contributed by atoms with van der Waals surface area (Å²) >= 11 is 0. The van der Waals surface area contributed by atoms with Crippen molar-refractivity contribution in [3.63, 3.8) is 0 Å². The van der Waals surface area contributed by atoms with Crippen LogP contribution in [0.5, 0.6) is 5.75 Å². The van der Waals surface area contributed by atoms with Crippen molar-refractivity contribution in [2.45, 2.75) is 6.92 Å². The van der Waals surface area contributed by atoms with Crippen LogP contribution in [0.4, 0.5) is 11.4 Å². The highest BCUT2D eigenvalue weighted by Crippen LogP contribution is 2.35. The first kappa shape index (κ1) is 13.9. The number of rotatable bonds is 2. The Hall–Kier alpha value is -3.08. The Balaban J connectivity index is 2.02. The number of benzene rings is 2. The Morgan fingerprint density at radius 2 is 1.91 bits per heavy atom. The first-order valence-corrected chi connectivity index (χ1v) is 6.77. The fraction of sp³-hybridized carbons (Fsp3) is 0.0588. The van der Waals surface area contributed by atoms with Gasteiger partial charge in [-0.2, -0.15) is 0 Å². The molecule has 3 rings (SSSR count). The predicted octanol–water partition coefficient (Wildman–Crippen LogP) is 2.84. The summed E-state index contributed by atoms with van der Waals surface area (Å²) in [5.41, 5.74) is 3.42. The van der Waals surface area contributed by atoms with Gasteiger partial charge in [0.15, 0.2) is 0 Å². The average molecular weight is 294 g/mol. The van der Waals surface area contributed by atoms with E-state index in [1.54, 1.807) is 48.5 Å². The van der Waals surface area contributed by atoms with Gasteiger partial charge in [-0.15, -0.1) is 0 Å². The molecule has 22 heavy (non-hydrogen) atoms. The molecular formula is C17H14N2O3. The van der Waals surface area contributed by atoms with Crippen molar-refractivity contribution < 1.29 is 14.7 Å². The summed E-state index contributed by atoms with van der Waals surface area (Å²) in [5, 5.41) is 14.8. The zero-order valence-electron chi connectivity index (χ0n) is 11.9. The highest BCUT2D eigenvalue weighted by molar-refractivity contribution is 6.35. The largest absolute Gasteiger partial charge is 0.508 e. The third kappa shape index (κ3) is 2.69. The highest BCUT2D eigenvalue weighted by Gasteiger charge is 2.24. The normalized spacial score (nSPS) is 14.6. The lowest BCUT2D eigenvalue weighted by Gasteiger charge is -2.05. The van der Waals surface area contributed by atoms with Crippen molar-refractivity contribution in [2.75, 3.05) is 10.6 Å². The fourth-order valence-corrected chi connectivity index (χ4v) is 2.35. The number of carbonyl (C=O) groups excluding carboxylic acids is 2. The molecule has 0 spiro atoms. The number of phenolic OH excluding ortho intramolecular Hbond substituents is 1. The van der Waals surface area contributed by atoms with Crippen LogP contribution in [0.15, 0.2) is 42.5 Å². The molecule has 0 atom stereocenters. The lowest BCUT2D eigenvalue weighted by Crippen LogP contribution is -2.05. The molecule has 5 heteroatoms. The van der Waals surface area contributed by atoms with E-state index >= 15 is 0 Å². The topological polar surface area (TPSA) is 78.4 Å². The number of hydrogen-bond acceptors (Lipinski definition) is 3. The average Bonchev–Trinajstić information content (AvgIpc) is 2.77. The molecular weight excluding hydrogens is 280 g/mol. The monoisotopic (exact) mass is 294 g/mol. The van der Waals surface area contributed by atoms with Crippen LogP contribution in [0, 0.1) is 0 Å². The van der Waals surface area contributed by atoms with Crippen molar-refractivity contribution in [1.29, 1.82) is 0 Å². The molecule has 2 aromatic carbocycles. The number of amides is 2. The van der Waals surface area contributed by atoms with E-state index in [-0.39, 0.29) is 17.6 Å². The van der Waals surface area contributed by atoms with Gasteiger partial charge in [-0.3, -0.25) is 9.59 Å². The summed E-state index contributed by atoms with van der Waals surface area (Å²) in [5.74, 6) is -0.185. The second kappa shape index (κ2) is 5.37. The molecule has 1 aliphatic heterocycles.